The van der Waals surface area contributed by atoms with Gasteiger partial charge >= 0.3 is 0 Å². The Labute approximate surface area is 119 Å². The Kier molecular flexibility index (Phi) is 4.60. The number of methoxy groups -OCH3 is 1. The summed E-state index contributed by atoms with van der Waals surface area (Å²) >= 11 is 0. The topological polar surface area (TPSA) is 77.2 Å². The van der Waals surface area contributed by atoms with Crippen LogP contribution < -0.4 is 15.8 Å². The highest BCUT2D eigenvalue weighted by atomic mass is 16.5. The SMILES string of the molecule is COc1ncccc1C(=O)NC1(CN)CCCC(C)C1. The molecule has 1 aliphatic rings. The van der Waals surface area contributed by atoms with Crippen molar-refractivity contribution in [2.45, 2.75) is 38.1 Å². The zero-order chi connectivity index (χ0) is 14.6. The van der Waals surface area contributed by atoms with Gasteiger partial charge < -0.3 is 15.8 Å². The number of hydrogen-bond donors (Lipinski definition) is 2. The number of hydrogen-bond acceptors (Lipinski definition) is 4. The van der Waals surface area contributed by atoms with Gasteiger partial charge in [0.05, 0.1) is 12.6 Å². The average Bonchev–Trinajstić information content (AvgIpc) is 2.47. The van der Waals surface area contributed by atoms with Crippen molar-refractivity contribution in [1.29, 1.82) is 0 Å². The zero-order valence-electron chi connectivity index (χ0n) is 12.2. The smallest absolute Gasteiger partial charge is 0.257 e. The molecule has 0 bridgehead atoms. The van der Waals surface area contributed by atoms with E-state index in [1.54, 1.807) is 18.3 Å². The van der Waals surface area contributed by atoms with Crippen LogP contribution in [0.15, 0.2) is 18.3 Å². The van der Waals surface area contributed by atoms with E-state index in [9.17, 15) is 4.79 Å². The molecular weight excluding hydrogens is 254 g/mol. The third-order valence-corrected chi connectivity index (χ3v) is 4.07. The van der Waals surface area contributed by atoms with Crippen LogP contribution in [-0.2, 0) is 0 Å². The van der Waals surface area contributed by atoms with Crippen LogP contribution in [0.3, 0.4) is 0 Å². The number of nitrogens with two attached hydrogens (primary N) is 1. The summed E-state index contributed by atoms with van der Waals surface area (Å²) in [7, 11) is 1.51. The van der Waals surface area contributed by atoms with Gasteiger partial charge in [0.2, 0.25) is 5.88 Å². The number of nitrogens with one attached hydrogen (secondary N) is 1. The number of carbonyl (C=O) groups is 1. The van der Waals surface area contributed by atoms with Crippen LogP contribution in [0.4, 0.5) is 0 Å². The van der Waals surface area contributed by atoms with Gasteiger partial charge in [-0.05, 0) is 30.9 Å². The zero-order valence-corrected chi connectivity index (χ0v) is 12.2. The molecule has 5 heteroatoms. The molecule has 0 radical (unpaired) electrons. The quantitative estimate of drug-likeness (QED) is 0.878. The molecule has 1 aliphatic carbocycles. The summed E-state index contributed by atoms with van der Waals surface area (Å²) < 4.78 is 5.14. The number of amides is 1. The van der Waals surface area contributed by atoms with E-state index < -0.39 is 0 Å². The Morgan fingerprint density at radius 3 is 3.10 bits per heavy atom. The predicted octanol–water partition coefficient (Wildman–Crippen LogP) is 1.73. The first-order valence-corrected chi connectivity index (χ1v) is 7.12. The Morgan fingerprint density at radius 2 is 2.45 bits per heavy atom. The minimum absolute atomic E-state index is 0.158. The monoisotopic (exact) mass is 277 g/mol. The minimum atomic E-state index is -0.296. The van der Waals surface area contributed by atoms with Gasteiger partial charge in [0.15, 0.2) is 0 Å². The van der Waals surface area contributed by atoms with Gasteiger partial charge in [-0.25, -0.2) is 4.98 Å². The fraction of sp³-hybridized carbons (Fsp3) is 0.600. The van der Waals surface area contributed by atoms with Crippen molar-refractivity contribution in [1.82, 2.24) is 10.3 Å². The van der Waals surface area contributed by atoms with E-state index in [4.69, 9.17) is 10.5 Å². The molecule has 110 valence electrons. The number of nitrogens with zero attached hydrogens (tertiary/aromatic N) is 1. The molecular formula is C15H23N3O2. The van der Waals surface area contributed by atoms with Gasteiger partial charge in [0.1, 0.15) is 5.56 Å². The van der Waals surface area contributed by atoms with Crippen LogP contribution in [0, 0.1) is 5.92 Å². The molecule has 1 heterocycles. The second kappa shape index (κ2) is 6.22. The molecule has 1 fully saturated rings. The van der Waals surface area contributed by atoms with Gasteiger partial charge in [0, 0.05) is 12.7 Å². The van der Waals surface area contributed by atoms with Gasteiger partial charge in [0.25, 0.3) is 5.91 Å². The molecule has 1 aromatic heterocycles. The molecule has 0 spiro atoms. The van der Waals surface area contributed by atoms with Gasteiger partial charge in [-0.15, -0.1) is 0 Å². The van der Waals surface area contributed by atoms with E-state index in [1.807, 2.05) is 0 Å². The van der Waals surface area contributed by atoms with Gasteiger partial charge in [-0.3, -0.25) is 4.79 Å². The molecule has 1 amide bonds. The maximum atomic E-state index is 12.5. The predicted molar refractivity (Wildman–Crippen MR) is 77.7 cm³/mol. The van der Waals surface area contributed by atoms with Crippen molar-refractivity contribution in [2.75, 3.05) is 13.7 Å². The number of carbonyl (C=O) groups excluding carboxylic acids is 1. The lowest BCUT2D eigenvalue weighted by Crippen LogP contribution is -2.56. The van der Waals surface area contributed by atoms with E-state index in [-0.39, 0.29) is 11.4 Å². The summed E-state index contributed by atoms with van der Waals surface area (Å²) in [5.74, 6) is 0.777. The molecule has 5 nitrogen and oxygen atoms in total. The van der Waals surface area contributed by atoms with Crippen molar-refractivity contribution >= 4 is 5.91 Å². The van der Waals surface area contributed by atoms with Crippen LogP contribution in [0.25, 0.3) is 0 Å². The molecule has 2 rings (SSSR count). The third-order valence-electron chi connectivity index (χ3n) is 4.07. The summed E-state index contributed by atoms with van der Waals surface area (Å²) in [6.45, 7) is 2.67. The average molecular weight is 277 g/mol. The molecule has 20 heavy (non-hydrogen) atoms. The summed E-state index contributed by atoms with van der Waals surface area (Å²) in [6, 6.07) is 3.45. The van der Waals surface area contributed by atoms with Crippen LogP contribution in [-0.4, -0.2) is 30.1 Å². The second-order valence-electron chi connectivity index (χ2n) is 5.70. The molecule has 0 aromatic carbocycles. The fourth-order valence-electron chi connectivity index (χ4n) is 3.04. The first kappa shape index (κ1) is 14.8. The highest BCUT2D eigenvalue weighted by Gasteiger charge is 2.35. The molecule has 1 saturated carbocycles. The van der Waals surface area contributed by atoms with Crippen molar-refractivity contribution < 1.29 is 9.53 Å². The summed E-state index contributed by atoms with van der Waals surface area (Å²) in [5, 5.41) is 3.12. The largest absolute Gasteiger partial charge is 0.480 e. The lowest BCUT2D eigenvalue weighted by atomic mass is 9.76. The standard InChI is InChI=1S/C15H23N3O2/c1-11-5-3-7-15(9-11,10-16)18-13(19)12-6-4-8-17-14(12)20-2/h4,6,8,11H,3,5,7,9-10,16H2,1-2H3,(H,18,19). The van der Waals surface area contributed by atoms with Crippen LogP contribution in [0.2, 0.25) is 0 Å². The Balaban J connectivity index is 2.17. The van der Waals surface area contributed by atoms with Gasteiger partial charge in [-0.1, -0.05) is 19.8 Å². The summed E-state index contributed by atoms with van der Waals surface area (Å²) in [6.07, 6.45) is 5.77. The molecule has 2 unspecified atom stereocenters. The molecule has 0 saturated heterocycles. The number of rotatable bonds is 4. The van der Waals surface area contributed by atoms with Crippen molar-refractivity contribution in [3.63, 3.8) is 0 Å². The van der Waals surface area contributed by atoms with E-state index in [2.05, 4.69) is 17.2 Å². The summed E-state index contributed by atoms with van der Waals surface area (Å²) in [4.78, 5) is 16.5. The fourth-order valence-corrected chi connectivity index (χ4v) is 3.04. The maximum absolute atomic E-state index is 12.5. The number of aromatic nitrogens is 1. The van der Waals surface area contributed by atoms with Crippen molar-refractivity contribution in [3.8, 4) is 5.88 Å². The Bertz CT molecular complexity index is 478. The van der Waals surface area contributed by atoms with E-state index >= 15 is 0 Å². The maximum Gasteiger partial charge on any atom is 0.257 e. The number of pyridine rings is 1. The minimum Gasteiger partial charge on any atom is -0.480 e. The molecule has 2 atom stereocenters. The van der Waals surface area contributed by atoms with Crippen molar-refractivity contribution in [2.24, 2.45) is 11.7 Å². The van der Waals surface area contributed by atoms with Crippen LogP contribution in [0.5, 0.6) is 5.88 Å². The van der Waals surface area contributed by atoms with E-state index in [0.29, 0.717) is 23.9 Å². The first-order chi connectivity index (χ1) is 9.60. The highest BCUT2D eigenvalue weighted by molar-refractivity contribution is 5.96. The molecule has 0 aliphatic heterocycles. The second-order valence-corrected chi connectivity index (χ2v) is 5.70. The lowest BCUT2D eigenvalue weighted by Gasteiger charge is -2.40. The van der Waals surface area contributed by atoms with Crippen molar-refractivity contribution in [3.05, 3.63) is 23.9 Å². The highest BCUT2D eigenvalue weighted by Crippen LogP contribution is 2.32. The lowest BCUT2D eigenvalue weighted by molar-refractivity contribution is 0.0850. The number of ether oxygens (including phenoxy) is 1. The van der Waals surface area contributed by atoms with Crippen LogP contribution >= 0.6 is 0 Å². The van der Waals surface area contributed by atoms with Crippen LogP contribution in [0.1, 0.15) is 43.0 Å². The molecule has 3 N–H and O–H groups in total. The molecule has 1 aromatic rings. The third kappa shape index (κ3) is 3.10. The Hall–Kier alpha value is -1.62. The van der Waals surface area contributed by atoms with E-state index in [0.717, 1.165) is 19.3 Å². The van der Waals surface area contributed by atoms with Gasteiger partial charge in [-0.2, -0.15) is 0 Å². The van der Waals surface area contributed by atoms with E-state index in [1.165, 1.54) is 13.5 Å². The normalized spacial score (nSPS) is 26.1. The Morgan fingerprint density at radius 1 is 1.65 bits per heavy atom. The first-order valence-electron chi connectivity index (χ1n) is 7.12. The summed E-state index contributed by atoms with van der Waals surface area (Å²) in [5.41, 5.74) is 6.10.